The number of hydrogen-bond donors (Lipinski definition) is 2. The molecule has 0 spiro atoms. The van der Waals surface area contributed by atoms with Crippen LogP contribution in [0.1, 0.15) is 15.9 Å². The highest BCUT2D eigenvalue weighted by Crippen LogP contribution is 2.33. The van der Waals surface area contributed by atoms with E-state index in [0.717, 1.165) is 23.1 Å². The maximum atomic E-state index is 12.6. The molecule has 0 saturated carbocycles. The average Bonchev–Trinajstić information content (AvgIpc) is 3.48. The number of benzene rings is 2. The number of ether oxygens (including phenoxy) is 3. The molecule has 7 nitrogen and oxygen atoms in total. The minimum atomic E-state index is -0.271. The Morgan fingerprint density at radius 2 is 2.10 bits per heavy atom. The maximum Gasteiger partial charge on any atom is 0.257 e. The molecule has 1 aliphatic rings. The topological polar surface area (TPSA) is 85.5 Å². The fourth-order valence-corrected chi connectivity index (χ4v) is 3.83. The van der Waals surface area contributed by atoms with Gasteiger partial charge in [-0.05, 0) is 52.7 Å². The number of nitrogens with zero attached hydrogens (tertiary/aromatic N) is 1. The number of thiophene rings is 1. The Bertz CT molecular complexity index is 1170. The summed E-state index contributed by atoms with van der Waals surface area (Å²) in [5.74, 6) is 2.15. The first kappa shape index (κ1) is 17.6. The van der Waals surface area contributed by atoms with Crippen LogP contribution >= 0.6 is 11.3 Å². The lowest BCUT2D eigenvalue weighted by Gasteiger charge is -2.06. The number of aromatic amines is 1. The van der Waals surface area contributed by atoms with E-state index in [4.69, 9.17) is 14.2 Å². The van der Waals surface area contributed by atoms with E-state index in [0.29, 0.717) is 29.5 Å². The zero-order valence-electron chi connectivity index (χ0n) is 15.3. The molecule has 2 aromatic carbocycles. The molecule has 4 aromatic rings. The lowest BCUT2D eigenvalue weighted by Crippen LogP contribution is -2.12. The Kier molecular flexibility index (Phi) is 4.53. The second-order valence-electron chi connectivity index (χ2n) is 6.53. The van der Waals surface area contributed by atoms with Gasteiger partial charge < -0.3 is 19.5 Å². The SMILES string of the molecule is O=C(Nc1n[nH]c2cc(OCCc3ccsc3)ccc12)c1ccc2c(c1)OCO2. The van der Waals surface area contributed by atoms with E-state index < -0.39 is 0 Å². The fraction of sp³-hybridized carbons (Fsp3) is 0.143. The lowest BCUT2D eigenvalue weighted by atomic mass is 10.2. The monoisotopic (exact) mass is 407 g/mol. The average molecular weight is 407 g/mol. The van der Waals surface area contributed by atoms with Crippen molar-refractivity contribution in [3.8, 4) is 17.2 Å². The summed E-state index contributed by atoms with van der Waals surface area (Å²) in [7, 11) is 0. The zero-order valence-corrected chi connectivity index (χ0v) is 16.1. The van der Waals surface area contributed by atoms with Crippen molar-refractivity contribution < 1.29 is 19.0 Å². The maximum absolute atomic E-state index is 12.6. The van der Waals surface area contributed by atoms with E-state index in [1.54, 1.807) is 29.5 Å². The number of aromatic nitrogens is 2. The molecular formula is C21H17N3O4S. The number of fused-ring (bicyclic) bond motifs is 2. The summed E-state index contributed by atoms with van der Waals surface area (Å²) >= 11 is 1.68. The number of nitrogens with one attached hydrogen (secondary N) is 2. The first-order valence-electron chi connectivity index (χ1n) is 9.09. The summed E-state index contributed by atoms with van der Waals surface area (Å²) in [6, 6.07) is 12.8. The van der Waals surface area contributed by atoms with Crippen molar-refractivity contribution in [3.63, 3.8) is 0 Å². The van der Waals surface area contributed by atoms with Crippen LogP contribution in [0.4, 0.5) is 5.82 Å². The van der Waals surface area contributed by atoms with Crippen LogP contribution in [0, 0.1) is 0 Å². The quantitative estimate of drug-likeness (QED) is 0.500. The molecule has 0 aliphatic carbocycles. The van der Waals surface area contributed by atoms with Crippen LogP contribution in [0.25, 0.3) is 10.9 Å². The number of carbonyl (C=O) groups excluding carboxylic acids is 1. The van der Waals surface area contributed by atoms with Gasteiger partial charge in [-0.15, -0.1) is 0 Å². The van der Waals surface area contributed by atoms with E-state index in [2.05, 4.69) is 32.3 Å². The van der Waals surface area contributed by atoms with Crippen LogP contribution in [0.2, 0.25) is 0 Å². The third-order valence-corrected chi connectivity index (χ3v) is 5.37. The normalized spacial score (nSPS) is 12.3. The number of hydrogen-bond acceptors (Lipinski definition) is 6. The van der Waals surface area contributed by atoms with E-state index >= 15 is 0 Å². The van der Waals surface area contributed by atoms with E-state index in [1.807, 2.05) is 18.2 Å². The van der Waals surface area contributed by atoms with Crippen molar-refractivity contribution >= 4 is 34.0 Å². The molecule has 29 heavy (non-hydrogen) atoms. The molecule has 0 atom stereocenters. The van der Waals surface area contributed by atoms with Gasteiger partial charge in [0.1, 0.15) is 5.75 Å². The third-order valence-electron chi connectivity index (χ3n) is 4.64. The van der Waals surface area contributed by atoms with Gasteiger partial charge in [0.05, 0.1) is 12.1 Å². The molecule has 146 valence electrons. The molecule has 0 fully saturated rings. The summed E-state index contributed by atoms with van der Waals surface area (Å²) in [5, 5.41) is 15.0. The Morgan fingerprint density at radius 3 is 3.00 bits per heavy atom. The first-order chi connectivity index (χ1) is 14.3. The first-order valence-corrected chi connectivity index (χ1v) is 10.0. The van der Waals surface area contributed by atoms with Crippen molar-refractivity contribution in [1.29, 1.82) is 0 Å². The van der Waals surface area contributed by atoms with Crippen LogP contribution in [-0.2, 0) is 6.42 Å². The second-order valence-corrected chi connectivity index (χ2v) is 7.31. The minimum Gasteiger partial charge on any atom is -0.493 e. The third kappa shape index (κ3) is 3.62. The van der Waals surface area contributed by atoms with E-state index in [-0.39, 0.29) is 12.7 Å². The molecular weight excluding hydrogens is 390 g/mol. The predicted molar refractivity (Wildman–Crippen MR) is 110 cm³/mol. The van der Waals surface area contributed by atoms with Gasteiger partial charge in [0.25, 0.3) is 5.91 Å². The fourth-order valence-electron chi connectivity index (χ4n) is 3.12. The van der Waals surface area contributed by atoms with Crippen molar-refractivity contribution in [3.05, 3.63) is 64.4 Å². The molecule has 2 aromatic heterocycles. The molecule has 5 rings (SSSR count). The number of anilines is 1. The Morgan fingerprint density at radius 1 is 1.17 bits per heavy atom. The minimum absolute atomic E-state index is 0.169. The van der Waals surface area contributed by atoms with Crippen LogP contribution < -0.4 is 19.5 Å². The number of amides is 1. The Labute approximate surface area is 170 Å². The van der Waals surface area contributed by atoms with Crippen molar-refractivity contribution in [2.24, 2.45) is 0 Å². The highest BCUT2D eigenvalue weighted by Gasteiger charge is 2.17. The predicted octanol–water partition coefficient (Wildman–Crippen LogP) is 4.23. The van der Waals surface area contributed by atoms with Crippen molar-refractivity contribution in [2.45, 2.75) is 6.42 Å². The molecule has 8 heteroatoms. The summed E-state index contributed by atoms with van der Waals surface area (Å²) in [6.45, 7) is 0.770. The standard InChI is InChI=1S/C21H17N3O4S/c25-21(14-1-4-18-19(9-14)28-12-27-18)22-20-16-3-2-15(10-17(16)23-24-20)26-7-5-13-6-8-29-11-13/h1-4,6,8-11H,5,7,12H2,(H2,22,23,24,25). The zero-order chi connectivity index (χ0) is 19.6. The van der Waals surface area contributed by atoms with Crippen molar-refractivity contribution in [2.75, 3.05) is 18.7 Å². The molecule has 0 unspecified atom stereocenters. The van der Waals surface area contributed by atoms with E-state index in [1.165, 1.54) is 5.56 Å². The van der Waals surface area contributed by atoms with Crippen LogP contribution in [0.3, 0.4) is 0 Å². The Balaban J connectivity index is 1.27. The van der Waals surface area contributed by atoms with Gasteiger partial charge in [-0.2, -0.15) is 16.4 Å². The highest BCUT2D eigenvalue weighted by molar-refractivity contribution is 7.07. The van der Waals surface area contributed by atoms with Gasteiger partial charge in [0, 0.05) is 23.4 Å². The molecule has 0 radical (unpaired) electrons. The van der Waals surface area contributed by atoms with Gasteiger partial charge in [-0.1, -0.05) is 0 Å². The summed E-state index contributed by atoms with van der Waals surface area (Å²) in [6.07, 6.45) is 0.862. The van der Waals surface area contributed by atoms with Gasteiger partial charge in [-0.3, -0.25) is 9.89 Å². The number of carbonyl (C=O) groups is 1. The second kappa shape index (κ2) is 7.48. The summed E-state index contributed by atoms with van der Waals surface area (Å²) in [4.78, 5) is 12.6. The van der Waals surface area contributed by atoms with Gasteiger partial charge in [0.15, 0.2) is 17.3 Å². The lowest BCUT2D eigenvalue weighted by molar-refractivity contribution is 0.102. The van der Waals surface area contributed by atoms with E-state index in [9.17, 15) is 4.79 Å². The van der Waals surface area contributed by atoms with Crippen LogP contribution in [0.15, 0.2) is 53.2 Å². The summed E-state index contributed by atoms with van der Waals surface area (Å²) in [5.41, 5.74) is 2.53. The molecule has 3 heterocycles. The molecule has 1 amide bonds. The number of H-pyrrole nitrogens is 1. The molecule has 1 aliphatic heterocycles. The smallest absolute Gasteiger partial charge is 0.257 e. The molecule has 0 saturated heterocycles. The highest BCUT2D eigenvalue weighted by atomic mass is 32.1. The van der Waals surface area contributed by atoms with Gasteiger partial charge >= 0.3 is 0 Å². The van der Waals surface area contributed by atoms with Crippen LogP contribution in [0.5, 0.6) is 17.2 Å². The Hall–Kier alpha value is -3.52. The van der Waals surface area contributed by atoms with Crippen molar-refractivity contribution in [1.82, 2.24) is 10.2 Å². The number of rotatable bonds is 6. The largest absolute Gasteiger partial charge is 0.493 e. The van der Waals surface area contributed by atoms with Gasteiger partial charge in [-0.25, -0.2) is 0 Å². The summed E-state index contributed by atoms with van der Waals surface area (Å²) < 4.78 is 16.4. The molecule has 2 N–H and O–H groups in total. The van der Waals surface area contributed by atoms with Gasteiger partial charge in [0.2, 0.25) is 6.79 Å². The van der Waals surface area contributed by atoms with Crippen LogP contribution in [-0.4, -0.2) is 29.5 Å². The molecule has 0 bridgehead atoms.